The molecule has 0 aliphatic heterocycles. The maximum Gasteiger partial charge on any atom is 0.248 e. The fraction of sp³-hybridized carbons (Fsp3) is 0.391. The summed E-state index contributed by atoms with van der Waals surface area (Å²) in [6.07, 6.45) is 4.44. The molecule has 0 radical (unpaired) electrons. The molecular weight excluding hydrogens is 428 g/mol. The molecule has 3 rings (SSSR count). The minimum absolute atomic E-state index is 0.121. The number of aromatic nitrogens is 2. The van der Waals surface area contributed by atoms with E-state index in [1.54, 1.807) is 12.3 Å². The third-order valence-electron chi connectivity index (χ3n) is 4.89. The molecule has 1 aromatic carbocycles. The van der Waals surface area contributed by atoms with Crippen LogP contribution in [0, 0.1) is 17.2 Å². The van der Waals surface area contributed by atoms with Gasteiger partial charge in [-0.15, -0.1) is 11.3 Å². The second-order valence-corrected chi connectivity index (χ2v) is 12.1. The SMILES string of the molecule is CC(C)Cc1cc(-c2ccc(Cn3ccnc3C(C)(C)C)c(C#N)c2)c(S(N)(=O)=O)s1. The maximum absolute atomic E-state index is 12.2. The third kappa shape index (κ3) is 5.24. The number of primary sulfonamides is 1. The van der Waals surface area contributed by atoms with E-state index in [1.165, 1.54) is 11.3 Å². The Kier molecular flexibility index (Phi) is 6.42. The summed E-state index contributed by atoms with van der Waals surface area (Å²) in [5, 5.41) is 15.3. The van der Waals surface area contributed by atoms with Crippen LogP contribution in [0.2, 0.25) is 0 Å². The van der Waals surface area contributed by atoms with E-state index in [-0.39, 0.29) is 9.62 Å². The number of benzene rings is 1. The molecule has 31 heavy (non-hydrogen) atoms. The number of nitrogens with zero attached hydrogens (tertiary/aromatic N) is 3. The fourth-order valence-electron chi connectivity index (χ4n) is 3.59. The lowest BCUT2D eigenvalue weighted by Gasteiger charge is -2.20. The number of thiophene rings is 1. The molecule has 0 saturated carbocycles. The van der Waals surface area contributed by atoms with Crippen LogP contribution in [0.3, 0.4) is 0 Å². The number of imidazole rings is 1. The monoisotopic (exact) mass is 456 g/mol. The van der Waals surface area contributed by atoms with Gasteiger partial charge < -0.3 is 4.57 Å². The summed E-state index contributed by atoms with van der Waals surface area (Å²) in [5.41, 5.74) is 2.47. The van der Waals surface area contributed by atoms with Gasteiger partial charge in [-0.3, -0.25) is 0 Å². The van der Waals surface area contributed by atoms with Gasteiger partial charge in [-0.2, -0.15) is 5.26 Å². The number of nitriles is 1. The number of rotatable bonds is 6. The van der Waals surface area contributed by atoms with Gasteiger partial charge in [0.05, 0.1) is 18.2 Å². The van der Waals surface area contributed by atoms with Crippen LogP contribution >= 0.6 is 11.3 Å². The average Bonchev–Trinajstić information content (AvgIpc) is 3.28. The quantitative estimate of drug-likeness (QED) is 0.582. The van der Waals surface area contributed by atoms with Gasteiger partial charge in [0.25, 0.3) is 0 Å². The molecule has 0 aliphatic rings. The zero-order chi connectivity index (χ0) is 23.0. The van der Waals surface area contributed by atoms with Gasteiger partial charge in [-0.05, 0) is 35.6 Å². The van der Waals surface area contributed by atoms with Crippen molar-refractivity contribution in [1.29, 1.82) is 5.26 Å². The first-order valence-corrected chi connectivity index (χ1v) is 12.5. The summed E-state index contributed by atoms with van der Waals surface area (Å²) in [6, 6.07) is 9.64. The minimum atomic E-state index is -3.87. The highest BCUT2D eigenvalue weighted by Gasteiger charge is 2.22. The van der Waals surface area contributed by atoms with Gasteiger partial charge >= 0.3 is 0 Å². The third-order valence-corrected chi connectivity index (χ3v) is 7.52. The molecule has 0 amide bonds. The summed E-state index contributed by atoms with van der Waals surface area (Å²) < 4.78 is 26.6. The highest BCUT2D eigenvalue weighted by atomic mass is 32.2. The Morgan fingerprint density at radius 3 is 2.55 bits per heavy atom. The van der Waals surface area contributed by atoms with Gasteiger partial charge in [0.2, 0.25) is 10.0 Å². The normalized spacial score (nSPS) is 12.3. The van der Waals surface area contributed by atoms with Gasteiger partial charge in [0, 0.05) is 28.2 Å². The number of hydrogen-bond donors (Lipinski definition) is 1. The lowest BCUT2D eigenvalue weighted by Crippen LogP contribution is -2.19. The van der Waals surface area contributed by atoms with Gasteiger partial charge in [0.15, 0.2) is 0 Å². The highest BCUT2D eigenvalue weighted by Crippen LogP contribution is 2.36. The van der Waals surface area contributed by atoms with Crippen LogP contribution in [-0.4, -0.2) is 18.0 Å². The molecule has 164 valence electrons. The van der Waals surface area contributed by atoms with Crippen molar-refractivity contribution in [2.24, 2.45) is 11.1 Å². The van der Waals surface area contributed by atoms with Crippen LogP contribution in [0.15, 0.2) is 40.9 Å². The van der Waals surface area contributed by atoms with E-state index in [4.69, 9.17) is 5.14 Å². The number of nitrogens with two attached hydrogens (primary N) is 1. The smallest absolute Gasteiger partial charge is 0.248 e. The van der Waals surface area contributed by atoms with E-state index in [1.807, 2.05) is 29.0 Å². The van der Waals surface area contributed by atoms with Crippen molar-refractivity contribution in [1.82, 2.24) is 9.55 Å². The first kappa shape index (κ1) is 23.2. The van der Waals surface area contributed by atoms with Gasteiger partial charge in [-0.1, -0.05) is 46.8 Å². The van der Waals surface area contributed by atoms with Crippen molar-refractivity contribution in [3.63, 3.8) is 0 Å². The molecule has 2 N–H and O–H groups in total. The molecule has 3 aromatic rings. The predicted octanol–water partition coefficient (Wildman–Crippen LogP) is 4.67. The molecule has 0 spiro atoms. The summed E-state index contributed by atoms with van der Waals surface area (Å²) in [4.78, 5) is 5.43. The largest absolute Gasteiger partial charge is 0.330 e. The molecule has 0 atom stereocenters. The molecule has 0 bridgehead atoms. The summed E-state index contributed by atoms with van der Waals surface area (Å²) in [6.45, 7) is 11.0. The van der Waals surface area contributed by atoms with Crippen LogP contribution in [0.4, 0.5) is 0 Å². The average molecular weight is 457 g/mol. The molecule has 0 aliphatic carbocycles. The Morgan fingerprint density at radius 1 is 1.26 bits per heavy atom. The van der Waals surface area contributed by atoms with Crippen LogP contribution in [-0.2, 0) is 28.4 Å². The topological polar surface area (TPSA) is 102 Å². The zero-order valence-electron chi connectivity index (χ0n) is 18.5. The number of hydrogen-bond acceptors (Lipinski definition) is 5. The fourth-order valence-corrected chi connectivity index (χ4v) is 5.98. The number of sulfonamides is 1. The van der Waals surface area contributed by atoms with E-state index >= 15 is 0 Å². The Morgan fingerprint density at radius 2 is 1.97 bits per heavy atom. The summed E-state index contributed by atoms with van der Waals surface area (Å²) >= 11 is 1.21. The zero-order valence-corrected chi connectivity index (χ0v) is 20.1. The molecule has 8 heteroatoms. The molecule has 0 fully saturated rings. The van der Waals surface area contributed by atoms with Crippen molar-refractivity contribution in [2.45, 2.75) is 57.2 Å². The van der Waals surface area contributed by atoms with Gasteiger partial charge in [-0.25, -0.2) is 18.5 Å². The molecule has 0 unspecified atom stereocenters. The van der Waals surface area contributed by atoms with E-state index in [9.17, 15) is 13.7 Å². The second-order valence-electron chi connectivity index (χ2n) is 9.17. The second kappa shape index (κ2) is 8.58. The molecule has 2 heterocycles. The van der Waals surface area contributed by atoms with E-state index in [2.05, 4.69) is 45.7 Å². The predicted molar refractivity (Wildman–Crippen MR) is 124 cm³/mol. The Balaban J connectivity index is 2.04. The minimum Gasteiger partial charge on any atom is -0.330 e. The van der Waals surface area contributed by atoms with Crippen LogP contribution in [0.1, 0.15) is 56.4 Å². The van der Waals surface area contributed by atoms with E-state index in [0.29, 0.717) is 29.2 Å². The molecule has 6 nitrogen and oxygen atoms in total. The summed E-state index contributed by atoms with van der Waals surface area (Å²) in [7, 11) is -3.87. The molecular formula is C23H28N4O2S2. The van der Waals surface area contributed by atoms with Crippen LogP contribution < -0.4 is 5.14 Å². The first-order valence-electron chi connectivity index (χ1n) is 10.1. The van der Waals surface area contributed by atoms with Crippen LogP contribution in [0.25, 0.3) is 11.1 Å². The lowest BCUT2D eigenvalue weighted by molar-refractivity contribution is 0.511. The van der Waals surface area contributed by atoms with Crippen molar-refractivity contribution >= 4 is 21.4 Å². The Hall–Kier alpha value is -2.47. The first-order chi connectivity index (χ1) is 14.4. The van der Waals surface area contributed by atoms with Crippen LogP contribution in [0.5, 0.6) is 0 Å². The summed E-state index contributed by atoms with van der Waals surface area (Å²) in [5.74, 6) is 1.33. The Bertz CT molecular complexity index is 1240. The van der Waals surface area contributed by atoms with E-state index in [0.717, 1.165) is 22.7 Å². The van der Waals surface area contributed by atoms with E-state index < -0.39 is 10.0 Å². The van der Waals surface area contributed by atoms with Crippen molar-refractivity contribution < 1.29 is 8.42 Å². The molecule has 0 saturated heterocycles. The van der Waals surface area contributed by atoms with Crippen molar-refractivity contribution in [3.05, 3.63) is 58.5 Å². The standard InChI is InChI=1S/C23H28N4O2S2/c1-15(2)10-19-12-20(21(30-19)31(25,28)29)16-6-7-17(18(11-16)13-24)14-27-9-8-26-22(27)23(3,4)5/h6-9,11-12,15H,10,14H2,1-5H3,(H2,25,28,29). The van der Waals surface area contributed by atoms with Crippen molar-refractivity contribution in [3.8, 4) is 17.2 Å². The maximum atomic E-state index is 12.2. The van der Waals surface area contributed by atoms with Crippen molar-refractivity contribution in [2.75, 3.05) is 0 Å². The highest BCUT2D eigenvalue weighted by molar-refractivity contribution is 7.91. The lowest BCUT2D eigenvalue weighted by atomic mass is 9.95. The molecule has 2 aromatic heterocycles. The Labute approximate surface area is 188 Å². The van der Waals surface area contributed by atoms with Gasteiger partial charge in [0.1, 0.15) is 10.0 Å².